The molecular weight excluding hydrogens is 438 g/mol. The molecule has 6 atom stereocenters. The number of allylic oxidation sites excluding steroid dienone is 1. The van der Waals surface area contributed by atoms with Crippen LogP contribution >= 0.6 is 0 Å². The van der Waals surface area contributed by atoms with Crippen molar-refractivity contribution in [2.75, 3.05) is 32.6 Å². The smallest absolute Gasteiger partial charge is 0.410 e. The number of hydrogen-bond donors (Lipinski definition) is 1. The summed E-state index contributed by atoms with van der Waals surface area (Å²) in [5.41, 5.74) is 0.602. The molecule has 1 N–H and O–H groups in total. The molecule has 9 nitrogen and oxygen atoms in total. The normalized spacial score (nSPS) is 38.8. The van der Waals surface area contributed by atoms with E-state index in [1.807, 2.05) is 0 Å². The highest BCUT2D eigenvalue weighted by molar-refractivity contribution is 7.85. The van der Waals surface area contributed by atoms with Crippen molar-refractivity contribution in [3.05, 3.63) is 11.6 Å². The zero-order valence-electron chi connectivity index (χ0n) is 19.3. The number of amides is 1. The Labute approximate surface area is 190 Å². The molecule has 1 amide bonds. The van der Waals surface area contributed by atoms with Gasteiger partial charge in [0.15, 0.2) is 0 Å². The highest BCUT2D eigenvalue weighted by Gasteiger charge is 2.72. The van der Waals surface area contributed by atoms with Crippen LogP contribution in [0, 0.1) is 11.8 Å². The molecule has 0 aromatic heterocycles. The van der Waals surface area contributed by atoms with Gasteiger partial charge in [-0.2, -0.15) is 8.42 Å². The SMILES string of the molecule is CO[C@@H]1[C@H](OC(=O)N2CC(CCS(=O)(=O)O)C2)CC[C@]2(CO2)[C@H]1[C@@]1(C)O[C@@H]1CC=C(C)C. The quantitative estimate of drug-likeness (QED) is 0.324. The number of likely N-dealkylation sites (tertiary alicyclic amines) is 1. The lowest BCUT2D eigenvalue weighted by atomic mass is 9.68. The van der Waals surface area contributed by atoms with E-state index in [2.05, 4.69) is 26.8 Å². The Morgan fingerprint density at radius 1 is 1.31 bits per heavy atom. The summed E-state index contributed by atoms with van der Waals surface area (Å²) in [6, 6.07) is 0. The van der Waals surface area contributed by atoms with Crippen LogP contribution in [0.2, 0.25) is 0 Å². The summed E-state index contributed by atoms with van der Waals surface area (Å²) in [7, 11) is -2.33. The second-order valence-corrected chi connectivity index (χ2v) is 11.7. The van der Waals surface area contributed by atoms with Gasteiger partial charge in [-0.15, -0.1) is 0 Å². The van der Waals surface area contributed by atoms with Crippen LogP contribution in [-0.4, -0.2) is 86.0 Å². The average molecular weight is 474 g/mol. The predicted octanol–water partition coefficient (Wildman–Crippen LogP) is 2.41. The topological polar surface area (TPSA) is 118 Å². The van der Waals surface area contributed by atoms with Gasteiger partial charge in [-0.3, -0.25) is 4.55 Å². The Kier molecular flexibility index (Phi) is 6.39. The first-order valence-electron chi connectivity index (χ1n) is 11.4. The van der Waals surface area contributed by atoms with Gasteiger partial charge in [-0.25, -0.2) is 4.79 Å². The Morgan fingerprint density at radius 2 is 2.00 bits per heavy atom. The summed E-state index contributed by atoms with van der Waals surface area (Å²) in [6.07, 6.45) is 3.77. The number of methoxy groups -OCH3 is 1. The van der Waals surface area contributed by atoms with E-state index >= 15 is 0 Å². The second-order valence-electron chi connectivity index (χ2n) is 10.1. The number of nitrogens with zero attached hydrogens (tertiary/aromatic N) is 1. The molecule has 0 aromatic rings. The maximum Gasteiger partial charge on any atom is 0.410 e. The molecule has 0 aromatic carbocycles. The van der Waals surface area contributed by atoms with E-state index in [9.17, 15) is 13.2 Å². The lowest BCUT2D eigenvalue weighted by Crippen LogP contribution is -2.57. The molecule has 4 rings (SSSR count). The van der Waals surface area contributed by atoms with E-state index in [0.717, 1.165) is 12.8 Å². The molecule has 1 saturated carbocycles. The van der Waals surface area contributed by atoms with Crippen molar-refractivity contribution in [2.45, 2.75) is 76.0 Å². The van der Waals surface area contributed by atoms with Gasteiger partial charge in [-0.1, -0.05) is 11.6 Å². The van der Waals surface area contributed by atoms with E-state index in [1.54, 1.807) is 12.0 Å². The number of epoxide rings is 2. The predicted molar refractivity (Wildman–Crippen MR) is 116 cm³/mol. The van der Waals surface area contributed by atoms with E-state index in [4.69, 9.17) is 23.5 Å². The van der Waals surface area contributed by atoms with Crippen molar-refractivity contribution in [3.8, 4) is 0 Å². The molecule has 1 spiro atoms. The summed E-state index contributed by atoms with van der Waals surface area (Å²) >= 11 is 0. The van der Waals surface area contributed by atoms with E-state index < -0.39 is 22.3 Å². The minimum atomic E-state index is -3.98. The molecule has 10 heteroatoms. The summed E-state index contributed by atoms with van der Waals surface area (Å²) < 4.78 is 54.6. The minimum Gasteiger partial charge on any atom is -0.443 e. The Bertz CT molecular complexity index is 859. The highest BCUT2D eigenvalue weighted by atomic mass is 32.2. The van der Waals surface area contributed by atoms with E-state index in [0.29, 0.717) is 32.5 Å². The number of carbonyl (C=O) groups excluding carboxylic acids is 1. The average Bonchev–Trinajstić information content (AvgIpc) is 3.57. The Morgan fingerprint density at radius 3 is 2.56 bits per heavy atom. The Hall–Kier alpha value is -1.20. The summed E-state index contributed by atoms with van der Waals surface area (Å²) in [6.45, 7) is 7.79. The van der Waals surface area contributed by atoms with Crippen LogP contribution in [-0.2, 0) is 29.1 Å². The van der Waals surface area contributed by atoms with Gasteiger partial charge >= 0.3 is 6.09 Å². The monoisotopic (exact) mass is 473 g/mol. The third-order valence-electron chi connectivity index (χ3n) is 7.49. The van der Waals surface area contributed by atoms with Crippen LogP contribution in [0.1, 0.15) is 46.5 Å². The fourth-order valence-corrected chi connectivity index (χ4v) is 6.12. The third-order valence-corrected chi connectivity index (χ3v) is 8.24. The molecule has 3 heterocycles. The molecule has 182 valence electrons. The molecule has 0 unspecified atom stereocenters. The number of carbonyl (C=O) groups is 1. The molecule has 32 heavy (non-hydrogen) atoms. The standard InChI is InChI=1S/C22H35NO8S/c1-14(2)5-6-17-21(3,31-17)19-18(28-4)16(7-9-22(19)13-29-22)30-20(24)23-11-15(12-23)8-10-32(25,26)27/h5,15-19H,6-13H2,1-4H3,(H,25,26,27)/t16-,17-,18-,19-,21+,22+/m1/s1. The first-order chi connectivity index (χ1) is 15.0. The lowest BCUT2D eigenvalue weighted by molar-refractivity contribution is -0.124. The van der Waals surface area contributed by atoms with Crippen LogP contribution in [0.3, 0.4) is 0 Å². The molecular formula is C22H35NO8S. The summed E-state index contributed by atoms with van der Waals surface area (Å²) in [4.78, 5) is 14.3. The molecule has 1 aliphatic carbocycles. The van der Waals surface area contributed by atoms with Crippen LogP contribution < -0.4 is 0 Å². The van der Waals surface area contributed by atoms with Gasteiger partial charge in [0.05, 0.1) is 24.4 Å². The van der Waals surface area contributed by atoms with Crippen molar-refractivity contribution in [2.24, 2.45) is 11.8 Å². The zero-order valence-corrected chi connectivity index (χ0v) is 20.1. The fraction of sp³-hybridized carbons (Fsp3) is 0.864. The van der Waals surface area contributed by atoms with E-state index in [1.165, 1.54) is 5.57 Å². The van der Waals surface area contributed by atoms with Gasteiger partial charge in [0, 0.05) is 20.2 Å². The van der Waals surface area contributed by atoms with Crippen LogP contribution in [0.25, 0.3) is 0 Å². The maximum absolute atomic E-state index is 12.7. The molecule has 3 aliphatic heterocycles. The fourth-order valence-electron chi connectivity index (χ4n) is 5.49. The first kappa shape index (κ1) is 23.9. The third kappa shape index (κ3) is 4.84. The largest absolute Gasteiger partial charge is 0.443 e. The van der Waals surface area contributed by atoms with Crippen molar-refractivity contribution >= 4 is 16.2 Å². The number of ether oxygens (including phenoxy) is 4. The minimum absolute atomic E-state index is 0.0268. The lowest BCUT2D eigenvalue weighted by Gasteiger charge is -2.44. The van der Waals surface area contributed by atoms with Gasteiger partial charge in [0.25, 0.3) is 10.1 Å². The second kappa shape index (κ2) is 8.54. The summed E-state index contributed by atoms with van der Waals surface area (Å²) in [5.74, 6) is -0.258. The molecule has 0 bridgehead atoms. The highest BCUT2D eigenvalue weighted by Crippen LogP contribution is 2.59. The zero-order chi connectivity index (χ0) is 23.3. The van der Waals surface area contributed by atoms with Crippen LogP contribution in [0.5, 0.6) is 0 Å². The van der Waals surface area contributed by atoms with Crippen molar-refractivity contribution in [1.29, 1.82) is 0 Å². The van der Waals surface area contributed by atoms with Crippen molar-refractivity contribution in [1.82, 2.24) is 4.90 Å². The van der Waals surface area contributed by atoms with Gasteiger partial charge in [0.2, 0.25) is 0 Å². The van der Waals surface area contributed by atoms with Crippen molar-refractivity contribution in [3.63, 3.8) is 0 Å². The molecule has 3 saturated heterocycles. The van der Waals surface area contributed by atoms with Crippen LogP contribution in [0.15, 0.2) is 11.6 Å². The van der Waals surface area contributed by atoms with Crippen molar-refractivity contribution < 1.29 is 36.7 Å². The first-order valence-corrected chi connectivity index (χ1v) is 13.0. The molecule has 4 fully saturated rings. The van der Waals surface area contributed by atoms with Gasteiger partial charge in [0.1, 0.15) is 23.4 Å². The van der Waals surface area contributed by atoms with E-state index in [-0.39, 0.29) is 41.0 Å². The number of hydrogen-bond acceptors (Lipinski definition) is 7. The van der Waals surface area contributed by atoms with Gasteiger partial charge < -0.3 is 23.8 Å². The summed E-state index contributed by atoms with van der Waals surface area (Å²) in [5, 5.41) is 0. The molecule has 4 aliphatic rings. The Balaban J connectivity index is 1.36. The molecule has 0 radical (unpaired) electrons. The van der Waals surface area contributed by atoms with Gasteiger partial charge in [-0.05, 0) is 52.4 Å². The van der Waals surface area contributed by atoms with Crippen LogP contribution in [0.4, 0.5) is 4.79 Å². The maximum atomic E-state index is 12.7. The number of rotatable bonds is 8.